The Kier molecular flexibility index (Phi) is 5.81. The van der Waals surface area contributed by atoms with Gasteiger partial charge in [-0.2, -0.15) is 0 Å². The van der Waals surface area contributed by atoms with E-state index in [0.29, 0.717) is 0 Å². The van der Waals surface area contributed by atoms with Crippen molar-refractivity contribution in [2.45, 2.75) is 6.92 Å². The van der Waals surface area contributed by atoms with Crippen LogP contribution in [0, 0.1) is 6.92 Å². The molecule has 0 N–H and O–H groups in total. The van der Waals surface area contributed by atoms with E-state index in [1.165, 1.54) is 124 Å². The van der Waals surface area contributed by atoms with Crippen LogP contribution in [0.1, 0.15) is 5.56 Å². The van der Waals surface area contributed by atoms with E-state index in [9.17, 15) is 0 Å². The van der Waals surface area contributed by atoms with Gasteiger partial charge in [-0.3, -0.25) is 0 Å². The zero-order valence-corrected chi connectivity index (χ0v) is 32.5. The lowest BCUT2D eigenvalue weighted by Crippen LogP contribution is -2.61. The minimum absolute atomic E-state index is 0.0617. The molecule has 0 aliphatic carbocycles. The summed E-state index contributed by atoms with van der Waals surface area (Å²) in [4.78, 5) is 5.27. The molecule has 264 valence electrons. The number of thiophene rings is 2. The van der Waals surface area contributed by atoms with E-state index in [-0.39, 0.29) is 6.71 Å². The lowest BCUT2D eigenvalue weighted by molar-refractivity contribution is 1.11. The number of nitrogens with zero attached hydrogens (tertiary/aromatic N) is 3. The molecule has 3 aromatic heterocycles. The fraction of sp³-hybridized carbons (Fsp3) is 0.0196. The molecule has 57 heavy (non-hydrogen) atoms. The van der Waals surface area contributed by atoms with Crippen molar-refractivity contribution in [1.82, 2.24) is 4.57 Å². The van der Waals surface area contributed by atoms with Crippen molar-refractivity contribution >= 4 is 131 Å². The summed E-state index contributed by atoms with van der Waals surface area (Å²) >= 11 is 3.86. The molecular weight excluding hydrogens is 730 g/mol. The van der Waals surface area contributed by atoms with Crippen LogP contribution in [-0.4, -0.2) is 11.3 Å². The molecule has 0 fully saturated rings. The minimum Gasteiger partial charge on any atom is -0.309 e. The number of aromatic nitrogens is 1. The van der Waals surface area contributed by atoms with E-state index >= 15 is 0 Å². The van der Waals surface area contributed by atoms with Crippen LogP contribution < -0.4 is 25.5 Å². The van der Waals surface area contributed by atoms with Crippen molar-refractivity contribution < 1.29 is 0 Å². The third kappa shape index (κ3) is 3.82. The largest absolute Gasteiger partial charge is 0.309 e. The molecule has 3 nitrogen and oxygen atoms in total. The van der Waals surface area contributed by atoms with Gasteiger partial charge in [0.2, 0.25) is 0 Å². The Hall–Kier alpha value is -6.60. The van der Waals surface area contributed by atoms with Crippen LogP contribution in [0.2, 0.25) is 0 Å². The molecule has 3 aliphatic heterocycles. The molecule has 8 aromatic carbocycles. The van der Waals surface area contributed by atoms with Gasteiger partial charge in [-0.25, -0.2) is 0 Å². The molecule has 11 aromatic rings. The molecule has 0 unspecified atom stereocenters. The molecule has 0 bridgehead atoms. The second kappa shape index (κ2) is 10.8. The summed E-state index contributed by atoms with van der Waals surface area (Å²) in [5.74, 6) is 0. The van der Waals surface area contributed by atoms with Gasteiger partial charge in [0, 0.05) is 57.2 Å². The van der Waals surface area contributed by atoms with E-state index in [0.717, 1.165) is 0 Å². The fourth-order valence-corrected chi connectivity index (χ4v) is 12.9. The minimum atomic E-state index is 0.0617. The molecule has 0 atom stereocenters. The number of rotatable bonds is 2. The normalized spacial score (nSPS) is 13.6. The first-order valence-electron chi connectivity index (χ1n) is 19.6. The standard InChI is InChI=1S/C51H30BN3S2/c1-29-26-41-47-42(27-29)55-39-20-9-16-33-32-14-5-7-18-37(32)53(48(33)39)40-21-10-17-36(50(40)55)52(47)51-49(35-28-31(24-25-44(35)57-51)30-12-3-2-4-13-30)54(41)38-19-11-23-45-46(38)34-15-6-8-22-43(34)56-45/h2-28H,1H3. The molecule has 0 saturated heterocycles. The molecule has 3 aliphatic rings. The topological polar surface area (TPSA) is 11.4 Å². The third-order valence-electron chi connectivity index (χ3n) is 12.7. The Morgan fingerprint density at radius 1 is 0.456 bits per heavy atom. The van der Waals surface area contributed by atoms with Crippen LogP contribution in [-0.2, 0) is 0 Å². The van der Waals surface area contributed by atoms with Crippen molar-refractivity contribution in [2.75, 3.05) is 9.80 Å². The highest BCUT2D eigenvalue weighted by Gasteiger charge is 2.47. The van der Waals surface area contributed by atoms with Gasteiger partial charge in [-0.05, 0) is 95.2 Å². The second-order valence-corrected chi connectivity index (χ2v) is 17.9. The summed E-state index contributed by atoms with van der Waals surface area (Å²) in [5.41, 5.74) is 17.9. The smallest absolute Gasteiger partial charge is 0.264 e. The van der Waals surface area contributed by atoms with Gasteiger partial charge in [0.25, 0.3) is 6.71 Å². The Labute approximate surface area is 337 Å². The predicted octanol–water partition coefficient (Wildman–Crippen LogP) is 12.7. The molecule has 6 heterocycles. The average Bonchev–Trinajstić information content (AvgIpc) is 3.94. The highest BCUT2D eigenvalue weighted by molar-refractivity contribution is 7.33. The first-order valence-corrected chi connectivity index (χ1v) is 21.3. The molecule has 0 amide bonds. The lowest BCUT2D eigenvalue weighted by Gasteiger charge is -2.45. The monoisotopic (exact) mass is 759 g/mol. The Bertz CT molecular complexity index is 3580. The van der Waals surface area contributed by atoms with Crippen molar-refractivity contribution in [2.24, 2.45) is 0 Å². The van der Waals surface area contributed by atoms with Gasteiger partial charge in [0.05, 0.1) is 39.5 Å². The van der Waals surface area contributed by atoms with Gasteiger partial charge >= 0.3 is 0 Å². The Morgan fingerprint density at radius 2 is 1.14 bits per heavy atom. The van der Waals surface area contributed by atoms with E-state index < -0.39 is 0 Å². The molecular formula is C51H30BN3S2. The Morgan fingerprint density at radius 3 is 2.04 bits per heavy atom. The van der Waals surface area contributed by atoms with Gasteiger partial charge in [0.1, 0.15) is 0 Å². The lowest BCUT2D eigenvalue weighted by atomic mass is 9.36. The maximum absolute atomic E-state index is 2.66. The summed E-state index contributed by atoms with van der Waals surface area (Å²) < 4.78 is 7.88. The number of hydrogen-bond acceptors (Lipinski definition) is 4. The van der Waals surface area contributed by atoms with Crippen molar-refractivity contribution in [3.63, 3.8) is 0 Å². The number of anilines is 6. The quantitative estimate of drug-likeness (QED) is 0.163. The number of para-hydroxylation sites is 3. The first kappa shape index (κ1) is 30.6. The molecule has 0 saturated carbocycles. The zero-order valence-electron chi connectivity index (χ0n) is 30.8. The van der Waals surface area contributed by atoms with Crippen LogP contribution in [0.25, 0.3) is 68.9 Å². The maximum Gasteiger partial charge on any atom is 0.264 e. The maximum atomic E-state index is 2.66. The van der Waals surface area contributed by atoms with Gasteiger partial charge in [-0.1, -0.05) is 103 Å². The van der Waals surface area contributed by atoms with E-state index in [1.54, 1.807) is 0 Å². The van der Waals surface area contributed by atoms with Gasteiger partial charge in [-0.15, -0.1) is 22.7 Å². The fourth-order valence-electron chi connectivity index (χ4n) is 10.5. The van der Waals surface area contributed by atoms with Crippen LogP contribution in [0.5, 0.6) is 0 Å². The summed E-state index contributed by atoms with van der Waals surface area (Å²) in [6, 6.07) is 61.6. The number of benzene rings is 8. The van der Waals surface area contributed by atoms with Gasteiger partial charge in [0.15, 0.2) is 0 Å². The predicted molar refractivity (Wildman–Crippen MR) is 247 cm³/mol. The SMILES string of the molecule is Cc1cc2c3c(c1)N1c4c(cccc4-n4c5ccccc5c5cccc1c54)B3c1sc3ccc(-c4ccccc4)cc3c1N2c1cccc2sc3ccccc3c12. The Balaban J connectivity index is 1.15. The van der Waals surface area contributed by atoms with E-state index in [4.69, 9.17) is 0 Å². The highest BCUT2D eigenvalue weighted by Crippen LogP contribution is 2.55. The number of hydrogen-bond donors (Lipinski definition) is 0. The van der Waals surface area contributed by atoms with Crippen LogP contribution in [0.15, 0.2) is 164 Å². The molecule has 0 radical (unpaired) electrons. The van der Waals surface area contributed by atoms with E-state index in [2.05, 4.69) is 185 Å². The second-order valence-electron chi connectivity index (χ2n) is 15.7. The number of aryl methyl sites for hydroxylation is 1. The average molecular weight is 760 g/mol. The molecule has 0 spiro atoms. The van der Waals surface area contributed by atoms with Crippen LogP contribution >= 0.6 is 22.7 Å². The third-order valence-corrected chi connectivity index (χ3v) is 15.1. The molecule has 6 heteroatoms. The summed E-state index contributed by atoms with van der Waals surface area (Å²) in [7, 11) is 0. The first-order chi connectivity index (χ1) is 28.2. The summed E-state index contributed by atoms with van der Waals surface area (Å²) in [6.07, 6.45) is 0. The van der Waals surface area contributed by atoms with Crippen molar-refractivity contribution in [1.29, 1.82) is 0 Å². The number of fused-ring (bicyclic) bond motifs is 14. The van der Waals surface area contributed by atoms with Crippen molar-refractivity contribution in [3.05, 3.63) is 169 Å². The van der Waals surface area contributed by atoms with E-state index in [1.807, 2.05) is 22.7 Å². The van der Waals surface area contributed by atoms with Crippen LogP contribution in [0.4, 0.5) is 34.1 Å². The van der Waals surface area contributed by atoms with Crippen LogP contribution in [0.3, 0.4) is 0 Å². The summed E-state index contributed by atoms with van der Waals surface area (Å²) in [5, 5.41) is 6.52. The van der Waals surface area contributed by atoms with Gasteiger partial charge < -0.3 is 14.4 Å². The highest BCUT2D eigenvalue weighted by atomic mass is 32.1. The molecule has 14 rings (SSSR count). The summed E-state index contributed by atoms with van der Waals surface area (Å²) in [6.45, 7) is 2.34. The van der Waals surface area contributed by atoms with Crippen molar-refractivity contribution in [3.8, 4) is 16.8 Å². The zero-order chi connectivity index (χ0) is 37.1.